The van der Waals surface area contributed by atoms with Crippen LogP contribution in [0.5, 0.6) is 5.75 Å². The zero-order valence-corrected chi connectivity index (χ0v) is 20.2. The molecular formula is C30H34N2O3. The van der Waals surface area contributed by atoms with Gasteiger partial charge >= 0.3 is 0 Å². The molecule has 1 amide bonds. The minimum atomic E-state index is -1.16. The molecule has 4 bridgehead atoms. The van der Waals surface area contributed by atoms with E-state index >= 15 is 0 Å². The van der Waals surface area contributed by atoms with E-state index in [0.717, 1.165) is 49.3 Å². The Morgan fingerprint density at radius 1 is 1.00 bits per heavy atom. The molecule has 6 atom stereocenters. The van der Waals surface area contributed by atoms with E-state index < -0.39 is 5.72 Å². The molecule has 2 aromatic rings. The van der Waals surface area contributed by atoms with Crippen molar-refractivity contribution in [3.05, 3.63) is 65.2 Å². The summed E-state index contributed by atoms with van der Waals surface area (Å²) in [7, 11) is 0. The van der Waals surface area contributed by atoms with Gasteiger partial charge in [0.15, 0.2) is 0 Å². The molecule has 2 aromatic carbocycles. The summed E-state index contributed by atoms with van der Waals surface area (Å²) in [6.07, 6.45) is 6.99. The Morgan fingerprint density at radius 2 is 1.83 bits per heavy atom. The zero-order chi connectivity index (χ0) is 23.6. The van der Waals surface area contributed by atoms with Gasteiger partial charge in [-0.2, -0.15) is 0 Å². The minimum absolute atomic E-state index is 0.0396. The number of phenols is 1. The second kappa shape index (κ2) is 6.68. The monoisotopic (exact) mass is 470 g/mol. The highest BCUT2D eigenvalue weighted by molar-refractivity contribution is 5.85. The Bertz CT molecular complexity index is 1230. The van der Waals surface area contributed by atoms with Crippen LogP contribution in [-0.4, -0.2) is 50.8 Å². The fraction of sp³-hybridized carbons (Fsp3) is 0.567. The molecule has 5 nitrogen and oxygen atoms in total. The molecular weight excluding hydrogens is 436 g/mol. The summed E-state index contributed by atoms with van der Waals surface area (Å²) in [5, 5.41) is 23.8. The van der Waals surface area contributed by atoms with E-state index in [1.165, 1.54) is 24.9 Å². The van der Waals surface area contributed by atoms with E-state index in [1.54, 1.807) is 0 Å². The van der Waals surface area contributed by atoms with Crippen molar-refractivity contribution in [2.75, 3.05) is 13.1 Å². The van der Waals surface area contributed by atoms with Crippen LogP contribution in [0.1, 0.15) is 55.2 Å². The molecule has 0 radical (unpaired) electrons. The fourth-order valence-corrected chi connectivity index (χ4v) is 9.87. The summed E-state index contributed by atoms with van der Waals surface area (Å²) >= 11 is 0. The summed E-state index contributed by atoms with van der Waals surface area (Å²) in [5.41, 5.74) is 1.84. The first-order chi connectivity index (χ1) is 17.0. The van der Waals surface area contributed by atoms with E-state index in [4.69, 9.17) is 0 Å². The lowest BCUT2D eigenvalue weighted by Gasteiger charge is -2.67. The highest BCUT2D eigenvalue weighted by Gasteiger charge is 2.82. The Morgan fingerprint density at radius 3 is 2.63 bits per heavy atom. The van der Waals surface area contributed by atoms with Crippen LogP contribution in [0, 0.1) is 23.2 Å². The number of hydrogen-bond acceptors (Lipinski definition) is 4. The lowest BCUT2D eigenvalue weighted by atomic mass is 9.43. The molecule has 2 N–H and O–H groups in total. The second-order valence-electron chi connectivity index (χ2n) is 12.4. The van der Waals surface area contributed by atoms with Gasteiger partial charge in [-0.25, -0.2) is 0 Å². The maximum absolute atomic E-state index is 14.1. The zero-order valence-electron chi connectivity index (χ0n) is 20.2. The van der Waals surface area contributed by atoms with Crippen molar-refractivity contribution in [2.45, 2.75) is 68.7 Å². The number of nitrogens with zero attached hydrogens (tertiary/aromatic N) is 2. The maximum atomic E-state index is 14.1. The molecule has 6 aliphatic rings. The van der Waals surface area contributed by atoms with Crippen molar-refractivity contribution < 1.29 is 15.0 Å². The molecule has 35 heavy (non-hydrogen) atoms. The smallest absolute Gasteiger partial charge is 0.228 e. The minimum Gasteiger partial charge on any atom is -0.508 e. The van der Waals surface area contributed by atoms with Crippen LogP contribution in [-0.2, 0) is 23.2 Å². The molecule has 3 saturated carbocycles. The molecule has 2 aliphatic heterocycles. The standard InChI is InChI=1S/C30H34N2O3/c33-23-8-4-7-21-15-24-28-11-12-30(35)26(29(28,25(21)23)13-14-31(24)17-20-9-10-20)22(16-28)27(34)32(30)18-19-5-2-1-3-6-19/h1-8,20,22,24,26,33,35H,9-18H2/t22-,24+,26?,28+,29+,30?/m0/s1. The second-order valence-corrected chi connectivity index (χ2v) is 12.4. The van der Waals surface area contributed by atoms with Gasteiger partial charge in [0.25, 0.3) is 0 Å². The van der Waals surface area contributed by atoms with Crippen molar-refractivity contribution in [2.24, 2.45) is 23.2 Å². The number of piperidine rings is 1. The van der Waals surface area contributed by atoms with Gasteiger partial charge in [0, 0.05) is 41.9 Å². The summed E-state index contributed by atoms with van der Waals surface area (Å²) in [5.74, 6) is 1.01. The van der Waals surface area contributed by atoms with Crippen molar-refractivity contribution in [1.29, 1.82) is 0 Å². The van der Waals surface area contributed by atoms with Crippen LogP contribution in [0.4, 0.5) is 0 Å². The van der Waals surface area contributed by atoms with Crippen molar-refractivity contribution in [3.8, 4) is 5.75 Å². The van der Waals surface area contributed by atoms with Crippen molar-refractivity contribution in [3.63, 3.8) is 0 Å². The van der Waals surface area contributed by atoms with Gasteiger partial charge in [-0.05, 0) is 80.0 Å². The van der Waals surface area contributed by atoms with Crippen LogP contribution in [0.25, 0.3) is 0 Å². The molecule has 8 rings (SSSR count). The number of aromatic hydroxyl groups is 1. The van der Waals surface area contributed by atoms with Gasteiger partial charge in [-0.3, -0.25) is 9.69 Å². The summed E-state index contributed by atoms with van der Waals surface area (Å²) in [6.45, 7) is 2.63. The maximum Gasteiger partial charge on any atom is 0.228 e. The quantitative estimate of drug-likeness (QED) is 0.713. The van der Waals surface area contributed by atoms with Crippen LogP contribution in [0.15, 0.2) is 48.5 Å². The number of amides is 1. The molecule has 2 unspecified atom stereocenters. The predicted molar refractivity (Wildman–Crippen MR) is 131 cm³/mol. The summed E-state index contributed by atoms with van der Waals surface area (Å²) in [4.78, 5) is 18.6. The van der Waals surface area contributed by atoms with Crippen LogP contribution >= 0.6 is 0 Å². The summed E-state index contributed by atoms with van der Waals surface area (Å²) in [6, 6.07) is 16.5. The van der Waals surface area contributed by atoms with E-state index in [-0.39, 0.29) is 28.6 Å². The molecule has 4 aliphatic carbocycles. The van der Waals surface area contributed by atoms with E-state index in [9.17, 15) is 15.0 Å². The topological polar surface area (TPSA) is 64.0 Å². The lowest BCUT2D eigenvalue weighted by molar-refractivity contribution is -0.208. The molecule has 0 aromatic heterocycles. The van der Waals surface area contributed by atoms with Gasteiger partial charge in [0.1, 0.15) is 11.5 Å². The first-order valence-corrected chi connectivity index (χ1v) is 13.6. The fourth-order valence-electron chi connectivity index (χ4n) is 9.87. The van der Waals surface area contributed by atoms with Crippen LogP contribution in [0.3, 0.4) is 0 Å². The number of hydrogen-bond donors (Lipinski definition) is 2. The normalized spacial score (nSPS) is 41.1. The Kier molecular flexibility index (Phi) is 3.97. The first-order valence-electron chi connectivity index (χ1n) is 13.6. The Labute approximate surface area is 206 Å². The van der Waals surface area contributed by atoms with Gasteiger partial charge < -0.3 is 15.1 Å². The van der Waals surface area contributed by atoms with Gasteiger partial charge in [0.05, 0.1) is 0 Å². The lowest BCUT2D eigenvalue weighted by Crippen LogP contribution is -2.72. The molecule has 5 fully saturated rings. The number of fused-ring (bicyclic) bond motifs is 1. The van der Waals surface area contributed by atoms with Gasteiger partial charge in [0.2, 0.25) is 5.91 Å². The predicted octanol–water partition coefficient (Wildman–Crippen LogP) is 3.82. The van der Waals surface area contributed by atoms with E-state index in [0.29, 0.717) is 24.8 Å². The van der Waals surface area contributed by atoms with Crippen molar-refractivity contribution >= 4 is 5.91 Å². The highest BCUT2D eigenvalue weighted by Crippen LogP contribution is 2.78. The van der Waals surface area contributed by atoms with Gasteiger partial charge in [-0.15, -0.1) is 0 Å². The number of benzene rings is 2. The number of phenolic OH excluding ortho intramolecular Hbond substituents is 1. The largest absolute Gasteiger partial charge is 0.508 e. The third-order valence-corrected chi connectivity index (χ3v) is 11.1. The third kappa shape index (κ3) is 2.40. The molecule has 0 spiro atoms. The van der Waals surface area contributed by atoms with Crippen LogP contribution in [0.2, 0.25) is 0 Å². The number of rotatable bonds is 4. The molecule has 2 saturated heterocycles. The Hall–Kier alpha value is -2.37. The van der Waals surface area contributed by atoms with E-state index in [1.807, 2.05) is 47.4 Å². The number of carbonyl (C=O) groups is 1. The van der Waals surface area contributed by atoms with Gasteiger partial charge in [-0.1, -0.05) is 42.5 Å². The molecule has 182 valence electrons. The third-order valence-electron chi connectivity index (χ3n) is 11.1. The number of aliphatic hydroxyl groups is 1. The summed E-state index contributed by atoms with van der Waals surface area (Å²) < 4.78 is 0. The SMILES string of the molecule is O=C1[C@H]2C[C@@]34CCC(O)(C2[C@]32CCN(CC3CC3)[C@@H]4Cc3cccc(O)c32)N1Cc1ccccc1. The van der Waals surface area contributed by atoms with Crippen molar-refractivity contribution in [1.82, 2.24) is 9.80 Å². The average molecular weight is 471 g/mol. The molecule has 5 heteroatoms. The number of likely N-dealkylation sites (tertiary alicyclic amines) is 2. The van der Waals surface area contributed by atoms with Crippen LogP contribution < -0.4 is 0 Å². The molecule has 2 heterocycles. The average Bonchev–Trinajstić information content (AvgIpc) is 3.59. The Balaban J connectivity index is 1.30. The first kappa shape index (κ1) is 20.8. The highest BCUT2D eigenvalue weighted by atomic mass is 16.3. The number of carbonyl (C=O) groups excluding carboxylic acids is 1. The van der Waals surface area contributed by atoms with E-state index in [2.05, 4.69) is 11.0 Å².